The number of carbonyl (C=O) groups excluding carboxylic acids is 1. The third kappa shape index (κ3) is 5.10. The molecule has 1 saturated heterocycles. The lowest BCUT2D eigenvalue weighted by molar-refractivity contribution is -0.126. The molecule has 4 rings (SSSR count). The average Bonchev–Trinajstić information content (AvgIpc) is 2.79. The molecule has 0 unspecified atom stereocenters. The van der Waals surface area contributed by atoms with Crippen LogP contribution < -0.4 is 5.32 Å². The van der Waals surface area contributed by atoms with Crippen LogP contribution in [-0.4, -0.2) is 28.9 Å². The molecule has 0 saturated carbocycles. The van der Waals surface area contributed by atoms with Gasteiger partial charge in [-0.1, -0.05) is 42.5 Å². The minimum atomic E-state index is -0.276. The van der Waals surface area contributed by atoms with Crippen LogP contribution in [0.25, 0.3) is 11.1 Å². The Labute approximate surface area is 176 Å². The van der Waals surface area contributed by atoms with Crippen molar-refractivity contribution < 1.29 is 9.18 Å². The number of carbonyl (C=O) groups is 1. The summed E-state index contributed by atoms with van der Waals surface area (Å²) < 4.78 is 13.3. The predicted octanol–water partition coefficient (Wildman–Crippen LogP) is 4.42. The van der Waals surface area contributed by atoms with Gasteiger partial charge in [-0.05, 0) is 60.8 Å². The van der Waals surface area contributed by atoms with Gasteiger partial charge in [0, 0.05) is 37.0 Å². The first kappa shape index (κ1) is 20.2. The standard InChI is InChI=1S/C25H26FN3O/c26-23-8-3-5-19(15-23)16-28-25(30)20-10-13-29(14-11-20)18-22-6-1-2-9-24(22)21-7-4-12-27-17-21/h1-9,12,15,17,20H,10-11,13-14,16,18H2,(H,28,30). The van der Waals surface area contributed by atoms with Crippen molar-refractivity contribution >= 4 is 5.91 Å². The van der Waals surface area contributed by atoms with Crippen molar-refractivity contribution in [1.29, 1.82) is 0 Å². The Kier molecular flexibility index (Phi) is 6.50. The zero-order valence-electron chi connectivity index (χ0n) is 16.9. The molecule has 5 heteroatoms. The van der Waals surface area contributed by atoms with Crippen molar-refractivity contribution in [2.24, 2.45) is 5.92 Å². The van der Waals surface area contributed by atoms with Crippen LogP contribution in [0.15, 0.2) is 73.1 Å². The van der Waals surface area contributed by atoms with E-state index in [2.05, 4.69) is 45.5 Å². The fourth-order valence-electron chi connectivity index (χ4n) is 4.04. The molecular formula is C25H26FN3O. The quantitative estimate of drug-likeness (QED) is 0.663. The molecule has 1 N–H and O–H groups in total. The number of nitrogens with zero attached hydrogens (tertiary/aromatic N) is 2. The Balaban J connectivity index is 1.31. The first-order valence-corrected chi connectivity index (χ1v) is 10.4. The second-order valence-corrected chi connectivity index (χ2v) is 7.80. The molecule has 1 aliphatic heterocycles. The SMILES string of the molecule is O=C(NCc1cccc(F)c1)C1CCN(Cc2ccccc2-c2cccnc2)CC1. The summed E-state index contributed by atoms with van der Waals surface area (Å²) in [5.74, 6) is -0.195. The largest absolute Gasteiger partial charge is 0.352 e. The molecule has 0 spiro atoms. The van der Waals surface area contributed by atoms with Crippen LogP contribution in [-0.2, 0) is 17.9 Å². The zero-order chi connectivity index (χ0) is 20.8. The van der Waals surface area contributed by atoms with Crippen LogP contribution in [0.3, 0.4) is 0 Å². The van der Waals surface area contributed by atoms with Crippen LogP contribution in [0.2, 0.25) is 0 Å². The van der Waals surface area contributed by atoms with E-state index in [4.69, 9.17) is 0 Å². The highest BCUT2D eigenvalue weighted by Crippen LogP contribution is 2.26. The van der Waals surface area contributed by atoms with E-state index in [1.807, 2.05) is 18.3 Å². The summed E-state index contributed by atoms with van der Waals surface area (Å²) in [6, 6.07) is 18.8. The highest BCUT2D eigenvalue weighted by Gasteiger charge is 2.25. The van der Waals surface area contributed by atoms with Gasteiger partial charge in [0.1, 0.15) is 5.82 Å². The van der Waals surface area contributed by atoms with Gasteiger partial charge in [0.2, 0.25) is 5.91 Å². The normalized spacial score (nSPS) is 15.1. The van der Waals surface area contributed by atoms with Crippen molar-refractivity contribution in [2.45, 2.75) is 25.9 Å². The number of amides is 1. The van der Waals surface area contributed by atoms with Crippen molar-refractivity contribution in [2.75, 3.05) is 13.1 Å². The van der Waals surface area contributed by atoms with E-state index in [1.54, 1.807) is 12.3 Å². The fourth-order valence-corrected chi connectivity index (χ4v) is 4.04. The van der Waals surface area contributed by atoms with Crippen molar-refractivity contribution in [3.8, 4) is 11.1 Å². The van der Waals surface area contributed by atoms with Crippen molar-refractivity contribution in [3.63, 3.8) is 0 Å². The van der Waals surface area contributed by atoms with E-state index < -0.39 is 0 Å². The Morgan fingerprint density at radius 2 is 1.90 bits per heavy atom. The third-order valence-corrected chi connectivity index (χ3v) is 5.70. The Morgan fingerprint density at radius 3 is 2.67 bits per heavy atom. The summed E-state index contributed by atoms with van der Waals surface area (Å²) in [5.41, 5.74) is 4.40. The van der Waals surface area contributed by atoms with Gasteiger partial charge in [-0.3, -0.25) is 14.7 Å². The number of benzene rings is 2. The van der Waals surface area contributed by atoms with E-state index in [1.165, 1.54) is 23.3 Å². The number of pyridine rings is 1. The van der Waals surface area contributed by atoms with Crippen LogP contribution in [0.5, 0.6) is 0 Å². The third-order valence-electron chi connectivity index (χ3n) is 5.70. The number of nitrogens with one attached hydrogen (secondary N) is 1. The second-order valence-electron chi connectivity index (χ2n) is 7.80. The lowest BCUT2D eigenvalue weighted by Gasteiger charge is -2.31. The molecule has 0 bridgehead atoms. The van der Waals surface area contributed by atoms with E-state index in [-0.39, 0.29) is 17.6 Å². The Hall–Kier alpha value is -3.05. The lowest BCUT2D eigenvalue weighted by Crippen LogP contribution is -2.40. The molecule has 154 valence electrons. The molecule has 2 heterocycles. The fraction of sp³-hybridized carbons (Fsp3) is 0.280. The van der Waals surface area contributed by atoms with E-state index in [9.17, 15) is 9.18 Å². The number of rotatable bonds is 6. The van der Waals surface area contributed by atoms with Gasteiger partial charge in [0.25, 0.3) is 0 Å². The molecule has 0 radical (unpaired) electrons. The van der Waals surface area contributed by atoms with Crippen LogP contribution >= 0.6 is 0 Å². The van der Waals surface area contributed by atoms with Crippen molar-refractivity contribution in [1.82, 2.24) is 15.2 Å². The molecule has 30 heavy (non-hydrogen) atoms. The van der Waals surface area contributed by atoms with E-state index >= 15 is 0 Å². The van der Waals surface area contributed by atoms with Gasteiger partial charge in [0.05, 0.1) is 0 Å². The number of likely N-dealkylation sites (tertiary alicyclic amines) is 1. The number of hydrogen-bond acceptors (Lipinski definition) is 3. The van der Waals surface area contributed by atoms with Crippen LogP contribution in [0.4, 0.5) is 4.39 Å². The molecule has 4 nitrogen and oxygen atoms in total. The molecule has 1 aliphatic rings. The number of aromatic nitrogens is 1. The average molecular weight is 404 g/mol. The molecule has 1 fully saturated rings. The van der Waals surface area contributed by atoms with Gasteiger partial charge in [-0.2, -0.15) is 0 Å². The Morgan fingerprint density at radius 1 is 1.07 bits per heavy atom. The lowest BCUT2D eigenvalue weighted by atomic mass is 9.94. The Bertz CT molecular complexity index is 984. The summed E-state index contributed by atoms with van der Waals surface area (Å²) in [4.78, 5) is 19.2. The topological polar surface area (TPSA) is 45.2 Å². The summed E-state index contributed by atoms with van der Waals surface area (Å²) in [7, 11) is 0. The molecule has 2 aromatic carbocycles. The number of hydrogen-bond donors (Lipinski definition) is 1. The zero-order valence-corrected chi connectivity index (χ0v) is 16.9. The first-order chi connectivity index (χ1) is 14.7. The maximum Gasteiger partial charge on any atom is 0.223 e. The molecule has 0 aliphatic carbocycles. The van der Waals surface area contributed by atoms with Gasteiger partial charge in [0.15, 0.2) is 0 Å². The number of halogens is 1. The van der Waals surface area contributed by atoms with Crippen LogP contribution in [0, 0.1) is 11.7 Å². The summed E-state index contributed by atoms with van der Waals surface area (Å²) in [5, 5.41) is 2.96. The van der Waals surface area contributed by atoms with Gasteiger partial charge in [-0.15, -0.1) is 0 Å². The number of piperidine rings is 1. The molecule has 1 aromatic heterocycles. The summed E-state index contributed by atoms with van der Waals surface area (Å²) in [6.07, 6.45) is 5.36. The van der Waals surface area contributed by atoms with E-state index in [0.717, 1.165) is 43.6 Å². The minimum Gasteiger partial charge on any atom is -0.352 e. The predicted molar refractivity (Wildman–Crippen MR) is 116 cm³/mol. The highest BCUT2D eigenvalue weighted by molar-refractivity contribution is 5.78. The maximum atomic E-state index is 13.3. The smallest absolute Gasteiger partial charge is 0.223 e. The molecular weight excluding hydrogens is 377 g/mol. The van der Waals surface area contributed by atoms with Gasteiger partial charge >= 0.3 is 0 Å². The van der Waals surface area contributed by atoms with E-state index in [0.29, 0.717) is 6.54 Å². The molecule has 1 amide bonds. The second kappa shape index (κ2) is 9.63. The summed E-state index contributed by atoms with van der Waals surface area (Å²) in [6.45, 7) is 3.01. The highest BCUT2D eigenvalue weighted by atomic mass is 19.1. The summed E-state index contributed by atoms with van der Waals surface area (Å²) >= 11 is 0. The first-order valence-electron chi connectivity index (χ1n) is 10.4. The van der Waals surface area contributed by atoms with Crippen LogP contribution in [0.1, 0.15) is 24.0 Å². The maximum absolute atomic E-state index is 13.3. The molecule has 3 aromatic rings. The van der Waals surface area contributed by atoms with Gasteiger partial charge < -0.3 is 5.32 Å². The van der Waals surface area contributed by atoms with Crippen molar-refractivity contribution in [3.05, 3.63) is 90.0 Å². The minimum absolute atomic E-state index is 0.0170. The molecule has 0 atom stereocenters. The van der Waals surface area contributed by atoms with Gasteiger partial charge in [-0.25, -0.2) is 4.39 Å². The monoisotopic (exact) mass is 403 g/mol.